The van der Waals surface area contributed by atoms with Crippen LogP contribution in [0.2, 0.25) is 0 Å². The lowest BCUT2D eigenvalue weighted by atomic mass is 10.0. The van der Waals surface area contributed by atoms with Crippen molar-refractivity contribution in [1.29, 1.82) is 0 Å². The lowest BCUT2D eigenvalue weighted by molar-refractivity contribution is -0.181. The molecule has 0 aliphatic carbocycles. The fourth-order valence-electron chi connectivity index (χ4n) is 3.21. The first-order valence-electron chi connectivity index (χ1n) is 7.82. The molecule has 2 aromatic heterocycles. The molecular formula is C16H19N3O3S. The molecule has 7 heteroatoms. The summed E-state index contributed by atoms with van der Waals surface area (Å²) in [5.74, 6) is -0.429. The highest BCUT2D eigenvalue weighted by Crippen LogP contribution is 2.32. The third kappa shape index (κ3) is 2.69. The van der Waals surface area contributed by atoms with Crippen molar-refractivity contribution in [2.75, 3.05) is 26.3 Å². The van der Waals surface area contributed by atoms with Gasteiger partial charge in [-0.05, 0) is 17.5 Å². The molecule has 4 heterocycles. The molecule has 0 N–H and O–H groups in total. The predicted octanol–water partition coefficient (Wildman–Crippen LogP) is 2.13. The van der Waals surface area contributed by atoms with Gasteiger partial charge >= 0.3 is 0 Å². The van der Waals surface area contributed by atoms with Crippen molar-refractivity contribution in [3.05, 3.63) is 29.3 Å². The average molecular weight is 333 g/mol. The van der Waals surface area contributed by atoms with Crippen LogP contribution in [0.15, 0.2) is 23.6 Å². The summed E-state index contributed by atoms with van der Waals surface area (Å²) in [7, 11) is 1.82. The van der Waals surface area contributed by atoms with Gasteiger partial charge in [-0.25, -0.2) is 0 Å². The zero-order valence-electron chi connectivity index (χ0n) is 13.0. The number of aryl methyl sites for hydroxylation is 1. The second kappa shape index (κ2) is 5.74. The van der Waals surface area contributed by atoms with Crippen LogP contribution in [0.5, 0.6) is 0 Å². The topological polar surface area (TPSA) is 56.6 Å². The molecule has 0 radical (unpaired) electrons. The van der Waals surface area contributed by atoms with Crippen LogP contribution in [0.4, 0.5) is 0 Å². The van der Waals surface area contributed by atoms with E-state index in [1.807, 2.05) is 35.5 Å². The van der Waals surface area contributed by atoms with E-state index in [4.69, 9.17) is 9.47 Å². The highest BCUT2D eigenvalue weighted by Gasteiger charge is 2.41. The van der Waals surface area contributed by atoms with Gasteiger partial charge in [-0.1, -0.05) is 6.07 Å². The van der Waals surface area contributed by atoms with Gasteiger partial charge in [0.1, 0.15) is 11.4 Å². The van der Waals surface area contributed by atoms with Gasteiger partial charge in [-0.15, -0.1) is 11.3 Å². The van der Waals surface area contributed by atoms with Crippen LogP contribution in [0.25, 0.3) is 10.6 Å². The number of carbonyl (C=O) groups is 1. The molecule has 0 saturated carbocycles. The van der Waals surface area contributed by atoms with Gasteiger partial charge in [-0.3, -0.25) is 9.48 Å². The summed E-state index contributed by atoms with van der Waals surface area (Å²) < 4.78 is 13.1. The van der Waals surface area contributed by atoms with Gasteiger partial charge in [-0.2, -0.15) is 5.10 Å². The Balaban J connectivity index is 1.49. The second-order valence-corrected chi connectivity index (χ2v) is 6.86. The van der Waals surface area contributed by atoms with Crippen LogP contribution in [0, 0.1) is 0 Å². The Bertz CT molecular complexity index is 694. The predicted molar refractivity (Wildman–Crippen MR) is 86.3 cm³/mol. The zero-order valence-corrected chi connectivity index (χ0v) is 13.8. The first-order chi connectivity index (χ1) is 11.2. The number of piperidine rings is 1. The molecule has 0 bridgehead atoms. The minimum Gasteiger partial charge on any atom is -0.347 e. The van der Waals surface area contributed by atoms with Gasteiger partial charge in [0.15, 0.2) is 5.79 Å². The largest absolute Gasteiger partial charge is 0.347 e. The van der Waals surface area contributed by atoms with E-state index in [1.54, 1.807) is 16.0 Å². The lowest BCUT2D eigenvalue weighted by Crippen LogP contribution is -2.47. The number of rotatable bonds is 2. The van der Waals surface area contributed by atoms with Gasteiger partial charge in [0, 0.05) is 33.0 Å². The highest BCUT2D eigenvalue weighted by molar-refractivity contribution is 7.13. The summed E-state index contributed by atoms with van der Waals surface area (Å²) in [6, 6.07) is 5.88. The molecule has 0 aromatic carbocycles. The van der Waals surface area contributed by atoms with E-state index in [0.717, 1.165) is 23.4 Å². The van der Waals surface area contributed by atoms with Gasteiger partial charge < -0.3 is 14.4 Å². The molecular weight excluding hydrogens is 314 g/mol. The zero-order chi connectivity index (χ0) is 15.9. The Morgan fingerprint density at radius 2 is 2.04 bits per heavy atom. The summed E-state index contributed by atoms with van der Waals surface area (Å²) in [6.45, 7) is 2.61. The Kier molecular flexibility index (Phi) is 3.71. The van der Waals surface area contributed by atoms with Crippen LogP contribution >= 0.6 is 11.3 Å². The minimum atomic E-state index is -0.453. The molecule has 1 spiro atoms. The molecule has 0 atom stereocenters. The maximum Gasteiger partial charge on any atom is 0.272 e. The lowest BCUT2D eigenvalue weighted by Gasteiger charge is -2.37. The van der Waals surface area contributed by atoms with Crippen LogP contribution < -0.4 is 0 Å². The molecule has 2 saturated heterocycles. The van der Waals surface area contributed by atoms with Crippen molar-refractivity contribution in [2.24, 2.45) is 7.05 Å². The van der Waals surface area contributed by atoms with Crippen LogP contribution in [0.3, 0.4) is 0 Å². The van der Waals surface area contributed by atoms with E-state index >= 15 is 0 Å². The van der Waals surface area contributed by atoms with Crippen molar-refractivity contribution in [3.63, 3.8) is 0 Å². The number of amides is 1. The maximum atomic E-state index is 12.8. The third-order valence-corrected chi connectivity index (χ3v) is 5.39. The SMILES string of the molecule is Cn1nc(-c2cccs2)cc1C(=O)N1CCC2(CC1)OCCO2. The van der Waals surface area contributed by atoms with Crippen molar-refractivity contribution in [1.82, 2.24) is 14.7 Å². The molecule has 23 heavy (non-hydrogen) atoms. The summed E-state index contributed by atoms with van der Waals surface area (Å²) >= 11 is 1.62. The molecule has 2 fully saturated rings. The number of carbonyl (C=O) groups excluding carboxylic acids is 1. The second-order valence-electron chi connectivity index (χ2n) is 5.92. The Morgan fingerprint density at radius 1 is 1.30 bits per heavy atom. The maximum absolute atomic E-state index is 12.8. The van der Waals surface area contributed by atoms with E-state index < -0.39 is 5.79 Å². The summed E-state index contributed by atoms with van der Waals surface area (Å²) in [6.07, 6.45) is 1.46. The molecule has 122 valence electrons. The Hall–Kier alpha value is -1.70. The van der Waals surface area contributed by atoms with Crippen molar-refractivity contribution in [2.45, 2.75) is 18.6 Å². The number of hydrogen-bond acceptors (Lipinski definition) is 5. The molecule has 1 amide bonds. The molecule has 2 aliphatic rings. The number of aromatic nitrogens is 2. The molecule has 0 unspecified atom stereocenters. The summed E-state index contributed by atoms with van der Waals surface area (Å²) in [5, 5.41) is 6.48. The van der Waals surface area contributed by atoms with E-state index in [2.05, 4.69) is 5.10 Å². The van der Waals surface area contributed by atoms with E-state index in [1.165, 1.54) is 0 Å². The quantitative estimate of drug-likeness (QED) is 0.845. The smallest absolute Gasteiger partial charge is 0.272 e. The Labute approximate surface area is 138 Å². The van der Waals surface area contributed by atoms with E-state index in [0.29, 0.717) is 32.0 Å². The number of hydrogen-bond donors (Lipinski definition) is 0. The van der Waals surface area contributed by atoms with Crippen molar-refractivity contribution < 1.29 is 14.3 Å². The minimum absolute atomic E-state index is 0.0238. The fraction of sp³-hybridized carbons (Fsp3) is 0.500. The van der Waals surface area contributed by atoms with Crippen molar-refractivity contribution >= 4 is 17.2 Å². The molecule has 4 rings (SSSR count). The normalized spacial score (nSPS) is 20.3. The molecule has 2 aromatic rings. The van der Waals surface area contributed by atoms with E-state index in [-0.39, 0.29) is 5.91 Å². The first-order valence-corrected chi connectivity index (χ1v) is 8.70. The third-order valence-electron chi connectivity index (χ3n) is 4.50. The average Bonchev–Trinajstić information content (AvgIpc) is 3.28. The van der Waals surface area contributed by atoms with Gasteiger partial charge in [0.05, 0.1) is 18.1 Å². The van der Waals surface area contributed by atoms with Gasteiger partial charge in [0.25, 0.3) is 5.91 Å². The number of thiophene rings is 1. The van der Waals surface area contributed by atoms with E-state index in [9.17, 15) is 4.79 Å². The van der Waals surface area contributed by atoms with Crippen LogP contribution in [-0.2, 0) is 16.5 Å². The standard InChI is InChI=1S/C16H19N3O3S/c1-18-13(11-12(17-18)14-3-2-10-23-14)15(20)19-6-4-16(5-7-19)21-8-9-22-16/h2-3,10-11H,4-9H2,1H3. The monoisotopic (exact) mass is 333 g/mol. The first kappa shape index (κ1) is 14.9. The van der Waals surface area contributed by atoms with Crippen molar-refractivity contribution in [3.8, 4) is 10.6 Å². The highest BCUT2D eigenvalue weighted by atomic mass is 32.1. The number of nitrogens with zero attached hydrogens (tertiary/aromatic N) is 3. The Morgan fingerprint density at radius 3 is 2.70 bits per heavy atom. The summed E-state index contributed by atoms with van der Waals surface area (Å²) in [5.41, 5.74) is 1.47. The van der Waals surface area contributed by atoms with Crippen LogP contribution in [0.1, 0.15) is 23.3 Å². The summed E-state index contributed by atoms with van der Waals surface area (Å²) in [4.78, 5) is 15.7. The number of likely N-dealkylation sites (tertiary alicyclic amines) is 1. The fourth-order valence-corrected chi connectivity index (χ4v) is 3.89. The number of ether oxygens (including phenoxy) is 2. The van der Waals surface area contributed by atoms with Gasteiger partial charge in [0.2, 0.25) is 0 Å². The molecule has 2 aliphatic heterocycles. The van der Waals surface area contributed by atoms with Crippen LogP contribution in [-0.4, -0.2) is 52.7 Å². The molecule has 6 nitrogen and oxygen atoms in total.